The minimum Gasteiger partial charge on any atom is -0.462 e. The van der Waals surface area contributed by atoms with Crippen LogP contribution < -0.4 is 11.1 Å². The lowest BCUT2D eigenvalue weighted by molar-refractivity contribution is 0.0527. The van der Waals surface area contributed by atoms with Crippen LogP contribution in [0.4, 0.5) is 17.1 Å². The summed E-state index contributed by atoms with van der Waals surface area (Å²) in [4.78, 5) is 16.0. The molecule has 0 bridgehead atoms. The van der Waals surface area contributed by atoms with Crippen molar-refractivity contribution in [2.45, 2.75) is 13.8 Å². The Bertz CT molecular complexity index is 626. The molecule has 0 aliphatic carbocycles. The van der Waals surface area contributed by atoms with E-state index in [0.717, 1.165) is 11.3 Å². The summed E-state index contributed by atoms with van der Waals surface area (Å²) >= 11 is 0. The number of hydrogen-bond acceptors (Lipinski definition) is 5. The molecule has 0 fully saturated rings. The molecule has 0 radical (unpaired) electrons. The molecule has 0 aliphatic rings. The zero-order valence-corrected chi connectivity index (χ0v) is 11.5. The number of aromatic nitrogens is 1. The average Bonchev–Trinajstić information content (AvgIpc) is 2.43. The quantitative estimate of drug-likeness (QED) is 0.660. The number of ether oxygens (including phenoxy) is 1. The molecule has 0 aliphatic heterocycles. The minimum atomic E-state index is -0.399. The maximum atomic E-state index is 12.0. The van der Waals surface area contributed by atoms with Gasteiger partial charge in [-0.2, -0.15) is 0 Å². The molecule has 104 valence electrons. The van der Waals surface area contributed by atoms with Crippen LogP contribution in [0.5, 0.6) is 0 Å². The van der Waals surface area contributed by atoms with Gasteiger partial charge < -0.3 is 15.8 Å². The number of nitrogen functional groups attached to an aromatic ring is 1. The Balaban J connectivity index is 2.40. The van der Waals surface area contributed by atoms with Crippen molar-refractivity contribution in [2.75, 3.05) is 17.7 Å². The predicted octanol–water partition coefficient (Wildman–Crippen LogP) is 2.89. The summed E-state index contributed by atoms with van der Waals surface area (Å²) in [5.74, 6) is -0.399. The van der Waals surface area contributed by atoms with Gasteiger partial charge in [0.05, 0.1) is 35.4 Å². The zero-order chi connectivity index (χ0) is 14.5. The number of rotatable bonds is 4. The molecule has 0 unspecified atom stereocenters. The molecule has 2 aromatic rings. The maximum absolute atomic E-state index is 12.0. The predicted molar refractivity (Wildman–Crippen MR) is 79.1 cm³/mol. The third-order valence-electron chi connectivity index (χ3n) is 2.89. The fourth-order valence-electron chi connectivity index (χ4n) is 1.82. The van der Waals surface area contributed by atoms with Crippen LogP contribution >= 0.6 is 0 Å². The third kappa shape index (κ3) is 2.88. The Morgan fingerprint density at radius 1 is 1.40 bits per heavy atom. The number of hydrogen-bond donors (Lipinski definition) is 2. The smallest absolute Gasteiger partial charge is 0.340 e. The number of carbonyl (C=O) groups excluding carboxylic acids is 1. The molecule has 2 rings (SSSR count). The fourth-order valence-corrected chi connectivity index (χ4v) is 1.82. The topological polar surface area (TPSA) is 77.2 Å². The van der Waals surface area contributed by atoms with Gasteiger partial charge in [-0.05, 0) is 37.6 Å². The number of carbonyl (C=O) groups is 1. The van der Waals surface area contributed by atoms with Gasteiger partial charge in [-0.15, -0.1) is 0 Å². The first kappa shape index (κ1) is 13.9. The van der Waals surface area contributed by atoms with Gasteiger partial charge in [0.15, 0.2) is 0 Å². The van der Waals surface area contributed by atoms with E-state index in [1.165, 1.54) is 0 Å². The second-order valence-electron chi connectivity index (χ2n) is 4.31. The molecule has 5 heteroatoms. The molecule has 0 atom stereocenters. The molecule has 0 amide bonds. The number of nitrogens with zero attached hydrogens (tertiary/aromatic N) is 1. The van der Waals surface area contributed by atoms with Crippen molar-refractivity contribution >= 4 is 23.0 Å². The maximum Gasteiger partial charge on any atom is 0.340 e. The van der Waals surface area contributed by atoms with Crippen LogP contribution in [0.2, 0.25) is 0 Å². The Labute approximate surface area is 117 Å². The number of para-hydroxylation sites is 1. The van der Waals surface area contributed by atoms with Crippen LogP contribution in [0.1, 0.15) is 22.8 Å². The summed E-state index contributed by atoms with van der Waals surface area (Å²) in [6.45, 7) is 4.04. The Hall–Kier alpha value is -2.56. The van der Waals surface area contributed by atoms with Gasteiger partial charge in [0, 0.05) is 6.20 Å². The van der Waals surface area contributed by atoms with Gasteiger partial charge in [0.2, 0.25) is 0 Å². The summed E-state index contributed by atoms with van der Waals surface area (Å²) in [6, 6.07) is 7.02. The van der Waals surface area contributed by atoms with Crippen LogP contribution in [0.3, 0.4) is 0 Å². The number of anilines is 3. The Kier molecular flexibility index (Phi) is 4.20. The summed E-state index contributed by atoms with van der Waals surface area (Å²) < 4.78 is 5.04. The molecule has 1 aromatic heterocycles. The van der Waals surface area contributed by atoms with Crippen molar-refractivity contribution in [1.29, 1.82) is 0 Å². The fraction of sp³-hybridized carbons (Fsp3) is 0.200. The SMILES string of the molecule is CCOC(=O)c1cccc(N)c1Nc1cnccc1C. The second-order valence-corrected chi connectivity index (χ2v) is 4.31. The average molecular weight is 271 g/mol. The van der Waals surface area contributed by atoms with Crippen LogP contribution in [0, 0.1) is 6.92 Å². The number of pyridine rings is 1. The van der Waals surface area contributed by atoms with E-state index in [1.807, 2.05) is 13.0 Å². The van der Waals surface area contributed by atoms with Crippen molar-refractivity contribution in [3.63, 3.8) is 0 Å². The van der Waals surface area contributed by atoms with E-state index in [9.17, 15) is 4.79 Å². The minimum absolute atomic E-state index is 0.318. The molecule has 1 aromatic carbocycles. The van der Waals surface area contributed by atoms with Crippen molar-refractivity contribution in [2.24, 2.45) is 0 Å². The number of esters is 1. The molecular formula is C15H17N3O2. The highest BCUT2D eigenvalue weighted by atomic mass is 16.5. The van der Waals surface area contributed by atoms with Gasteiger partial charge in [-0.3, -0.25) is 4.98 Å². The van der Waals surface area contributed by atoms with E-state index in [2.05, 4.69) is 10.3 Å². The third-order valence-corrected chi connectivity index (χ3v) is 2.89. The normalized spacial score (nSPS) is 10.1. The van der Waals surface area contributed by atoms with E-state index in [1.54, 1.807) is 37.5 Å². The summed E-state index contributed by atoms with van der Waals surface area (Å²) in [5.41, 5.74) is 9.22. The summed E-state index contributed by atoms with van der Waals surface area (Å²) in [7, 11) is 0. The highest BCUT2D eigenvalue weighted by Crippen LogP contribution is 2.28. The molecule has 0 saturated carbocycles. The van der Waals surface area contributed by atoms with E-state index < -0.39 is 5.97 Å². The van der Waals surface area contributed by atoms with Crippen molar-refractivity contribution in [1.82, 2.24) is 4.98 Å². The molecule has 3 N–H and O–H groups in total. The van der Waals surface area contributed by atoms with Gasteiger partial charge >= 0.3 is 5.97 Å². The molecule has 0 saturated heterocycles. The van der Waals surface area contributed by atoms with Crippen LogP contribution in [-0.2, 0) is 4.74 Å². The first-order valence-electron chi connectivity index (χ1n) is 6.36. The van der Waals surface area contributed by atoms with Crippen LogP contribution in [0.25, 0.3) is 0 Å². The number of nitrogens with one attached hydrogen (secondary N) is 1. The van der Waals surface area contributed by atoms with Crippen LogP contribution in [-0.4, -0.2) is 17.6 Å². The summed E-state index contributed by atoms with van der Waals surface area (Å²) in [6.07, 6.45) is 3.40. The highest BCUT2D eigenvalue weighted by molar-refractivity contribution is 6.00. The van der Waals surface area contributed by atoms with E-state index >= 15 is 0 Å². The van der Waals surface area contributed by atoms with Crippen molar-refractivity contribution in [3.05, 3.63) is 47.8 Å². The summed E-state index contributed by atoms with van der Waals surface area (Å²) in [5, 5.41) is 3.16. The van der Waals surface area contributed by atoms with Gasteiger partial charge in [-0.25, -0.2) is 4.79 Å². The van der Waals surface area contributed by atoms with Crippen molar-refractivity contribution in [3.8, 4) is 0 Å². The highest BCUT2D eigenvalue weighted by Gasteiger charge is 2.15. The standard InChI is InChI=1S/C15H17N3O2/c1-3-20-15(19)11-5-4-6-12(16)14(11)18-13-9-17-8-7-10(13)2/h4-9,18H,3,16H2,1-2H3. The lowest BCUT2D eigenvalue weighted by atomic mass is 10.1. The molecule has 20 heavy (non-hydrogen) atoms. The van der Waals surface area contributed by atoms with E-state index in [0.29, 0.717) is 23.5 Å². The molecular weight excluding hydrogens is 254 g/mol. The number of nitrogens with two attached hydrogens (primary N) is 1. The number of benzene rings is 1. The zero-order valence-electron chi connectivity index (χ0n) is 11.5. The molecule has 0 spiro atoms. The number of aryl methyl sites for hydroxylation is 1. The molecule has 1 heterocycles. The Morgan fingerprint density at radius 3 is 2.90 bits per heavy atom. The van der Waals surface area contributed by atoms with E-state index in [4.69, 9.17) is 10.5 Å². The Morgan fingerprint density at radius 2 is 2.20 bits per heavy atom. The largest absolute Gasteiger partial charge is 0.462 e. The van der Waals surface area contributed by atoms with Crippen molar-refractivity contribution < 1.29 is 9.53 Å². The first-order valence-corrected chi connectivity index (χ1v) is 6.36. The monoisotopic (exact) mass is 271 g/mol. The van der Waals surface area contributed by atoms with Gasteiger partial charge in [0.1, 0.15) is 0 Å². The second kappa shape index (κ2) is 6.06. The van der Waals surface area contributed by atoms with Gasteiger partial charge in [-0.1, -0.05) is 6.07 Å². The lowest BCUT2D eigenvalue weighted by Crippen LogP contribution is -2.10. The van der Waals surface area contributed by atoms with Gasteiger partial charge in [0.25, 0.3) is 0 Å². The van der Waals surface area contributed by atoms with E-state index in [-0.39, 0.29) is 0 Å². The lowest BCUT2D eigenvalue weighted by Gasteiger charge is -2.14. The first-order chi connectivity index (χ1) is 9.63. The van der Waals surface area contributed by atoms with Crippen LogP contribution in [0.15, 0.2) is 36.7 Å². The molecule has 5 nitrogen and oxygen atoms in total.